The Morgan fingerprint density at radius 2 is 2.00 bits per heavy atom. The number of hydrogen-bond donors (Lipinski definition) is 1. The van der Waals surface area contributed by atoms with E-state index >= 15 is 0 Å². The van der Waals surface area contributed by atoms with Crippen molar-refractivity contribution in [3.8, 4) is 5.69 Å². The number of aromatic nitrogens is 2. The molecule has 18 heavy (non-hydrogen) atoms. The van der Waals surface area contributed by atoms with Gasteiger partial charge in [0.1, 0.15) is 12.1 Å². The number of fused-ring (bicyclic) bond motifs is 1. The SMILES string of the molecule is OCc1ccc(-n2cnc3ccccc32)c(F)c1. The molecule has 0 saturated heterocycles. The van der Waals surface area contributed by atoms with Gasteiger partial charge in [0.25, 0.3) is 0 Å². The first-order chi connectivity index (χ1) is 8.79. The molecule has 0 atom stereocenters. The van der Waals surface area contributed by atoms with E-state index in [4.69, 9.17) is 5.11 Å². The lowest BCUT2D eigenvalue weighted by Crippen LogP contribution is -1.97. The summed E-state index contributed by atoms with van der Waals surface area (Å²) in [6.07, 6.45) is 1.60. The van der Waals surface area contributed by atoms with Gasteiger partial charge in [-0.15, -0.1) is 0 Å². The first-order valence-corrected chi connectivity index (χ1v) is 5.61. The third-order valence-electron chi connectivity index (χ3n) is 2.91. The highest BCUT2D eigenvalue weighted by atomic mass is 19.1. The predicted octanol–water partition coefficient (Wildman–Crippen LogP) is 2.66. The number of halogens is 1. The van der Waals surface area contributed by atoms with Gasteiger partial charge in [0.2, 0.25) is 0 Å². The fourth-order valence-electron chi connectivity index (χ4n) is 2.00. The van der Waals surface area contributed by atoms with Crippen LogP contribution in [0.5, 0.6) is 0 Å². The molecule has 4 heteroatoms. The van der Waals surface area contributed by atoms with Crippen LogP contribution in [0.3, 0.4) is 0 Å². The summed E-state index contributed by atoms with van der Waals surface area (Å²) in [4.78, 5) is 4.23. The van der Waals surface area contributed by atoms with Gasteiger partial charge in [-0.25, -0.2) is 9.37 Å². The van der Waals surface area contributed by atoms with Gasteiger partial charge in [-0.3, -0.25) is 4.57 Å². The molecule has 90 valence electrons. The molecule has 0 unspecified atom stereocenters. The number of aliphatic hydroxyl groups excluding tert-OH is 1. The minimum absolute atomic E-state index is 0.165. The molecule has 0 aliphatic heterocycles. The van der Waals surface area contributed by atoms with Gasteiger partial charge in [0.15, 0.2) is 0 Å². The minimum Gasteiger partial charge on any atom is -0.392 e. The summed E-state index contributed by atoms with van der Waals surface area (Å²) in [5.74, 6) is -0.371. The summed E-state index contributed by atoms with van der Waals surface area (Å²) in [6.45, 7) is -0.165. The van der Waals surface area contributed by atoms with Crippen LogP contribution in [0.15, 0.2) is 48.8 Å². The van der Waals surface area contributed by atoms with Gasteiger partial charge in [-0.2, -0.15) is 0 Å². The van der Waals surface area contributed by atoms with Crippen LogP contribution in [-0.4, -0.2) is 14.7 Å². The largest absolute Gasteiger partial charge is 0.392 e. The first-order valence-electron chi connectivity index (χ1n) is 5.61. The second kappa shape index (κ2) is 4.23. The van der Waals surface area contributed by atoms with Gasteiger partial charge in [-0.1, -0.05) is 18.2 Å². The lowest BCUT2D eigenvalue weighted by atomic mass is 10.2. The molecule has 0 saturated carbocycles. The van der Waals surface area contributed by atoms with Crippen molar-refractivity contribution >= 4 is 11.0 Å². The molecule has 1 heterocycles. The highest BCUT2D eigenvalue weighted by Crippen LogP contribution is 2.21. The first kappa shape index (κ1) is 10.9. The standard InChI is InChI=1S/C14H11FN2O/c15-11-7-10(8-18)5-6-13(11)17-9-16-12-3-1-2-4-14(12)17/h1-7,9,18H,8H2. The number of para-hydroxylation sites is 2. The Labute approximate surface area is 103 Å². The molecule has 0 radical (unpaired) electrons. The molecule has 0 fully saturated rings. The minimum atomic E-state index is -0.371. The zero-order valence-corrected chi connectivity index (χ0v) is 9.55. The highest BCUT2D eigenvalue weighted by molar-refractivity contribution is 5.77. The van der Waals surface area contributed by atoms with Crippen LogP contribution in [0.4, 0.5) is 4.39 Å². The predicted molar refractivity (Wildman–Crippen MR) is 67.0 cm³/mol. The number of rotatable bonds is 2. The van der Waals surface area contributed by atoms with Crippen molar-refractivity contribution in [1.29, 1.82) is 0 Å². The molecular formula is C14H11FN2O. The van der Waals surface area contributed by atoms with Gasteiger partial charge >= 0.3 is 0 Å². The van der Waals surface area contributed by atoms with Crippen LogP contribution >= 0.6 is 0 Å². The maximum atomic E-state index is 14.0. The molecule has 2 aromatic carbocycles. The monoisotopic (exact) mass is 242 g/mol. The Kier molecular flexibility index (Phi) is 2.57. The smallest absolute Gasteiger partial charge is 0.147 e. The molecule has 1 aromatic heterocycles. The number of aliphatic hydroxyl groups is 1. The van der Waals surface area contributed by atoms with Gasteiger partial charge in [0.05, 0.1) is 23.3 Å². The summed E-state index contributed by atoms with van der Waals surface area (Å²) < 4.78 is 15.7. The van der Waals surface area contributed by atoms with E-state index in [1.54, 1.807) is 23.0 Å². The van der Waals surface area contributed by atoms with Crippen molar-refractivity contribution in [3.63, 3.8) is 0 Å². The Morgan fingerprint density at radius 3 is 2.78 bits per heavy atom. The maximum absolute atomic E-state index is 14.0. The Hall–Kier alpha value is -2.20. The fourth-order valence-corrected chi connectivity index (χ4v) is 2.00. The number of benzene rings is 2. The van der Waals surface area contributed by atoms with E-state index in [2.05, 4.69) is 4.98 Å². The molecule has 0 spiro atoms. The van der Waals surface area contributed by atoms with E-state index in [0.717, 1.165) is 11.0 Å². The average molecular weight is 242 g/mol. The molecule has 1 N–H and O–H groups in total. The third-order valence-corrected chi connectivity index (χ3v) is 2.91. The fraction of sp³-hybridized carbons (Fsp3) is 0.0714. The quantitative estimate of drug-likeness (QED) is 0.750. The van der Waals surface area contributed by atoms with E-state index < -0.39 is 0 Å². The topological polar surface area (TPSA) is 38.0 Å². The van der Waals surface area contributed by atoms with E-state index in [1.807, 2.05) is 24.3 Å². The van der Waals surface area contributed by atoms with Crippen molar-refractivity contribution in [3.05, 3.63) is 60.2 Å². The molecule has 3 aromatic rings. The Balaban J connectivity index is 2.20. The summed E-state index contributed by atoms with van der Waals surface area (Å²) in [5.41, 5.74) is 2.66. The zero-order valence-electron chi connectivity index (χ0n) is 9.55. The lowest BCUT2D eigenvalue weighted by Gasteiger charge is -2.07. The van der Waals surface area contributed by atoms with Crippen LogP contribution in [0, 0.1) is 5.82 Å². The zero-order chi connectivity index (χ0) is 12.5. The molecule has 0 aliphatic carbocycles. The second-order valence-electron chi connectivity index (χ2n) is 4.05. The summed E-state index contributed by atoms with van der Waals surface area (Å²) in [7, 11) is 0. The van der Waals surface area contributed by atoms with Gasteiger partial charge in [0, 0.05) is 0 Å². The maximum Gasteiger partial charge on any atom is 0.147 e. The van der Waals surface area contributed by atoms with Crippen LogP contribution in [-0.2, 0) is 6.61 Å². The molecule has 0 bridgehead atoms. The van der Waals surface area contributed by atoms with Crippen LogP contribution in [0.2, 0.25) is 0 Å². The van der Waals surface area contributed by atoms with Gasteiger partial charge in [-0.05, 0) is 29.8 Å². The number of hydrogen-bond acceptors (Lipinski definition) is 2. The Morgan fingerprint density at radius 1 is 1.17 bits per heavy atom. The van der Waals surface area contributed by atoms with Crippen molar-refractivity contribution in [1.82, 2.24) is 9.55 Å². The Bertz CT molecular complexity index is 706. The van der Waals surface area contributed by atoms with Crippen molar-refractivity contribution in [2.45, 2.75) is 6.61 Å². The van der Waals surface area contributed by atoms with E-state index in [1.165, 1.54) is 6.07 Å². The summed E-state index contributed by atoms with van der Waals surface area (Å²) in [5, 5.41) is 8.97. The van der Waals surface area contributed by atoms with Crippen molar-refractivity contribution in [2.75, 3.05) is 0 Å². The average Bonchev–Trinajstić information content (AvgIpc) is 2.82. The number of nitrogens with zero attached hydrogens (tertiary/aromatic N) is 2. The number of imidazole rings is 1. The molecule has 0 aliphatic rings. The second-order valence-corrected chi connectivity index (χ2v) is 4.05. The van der Waals surface area contributed by atoms with E-state index in [-0.39, 0.29) is 12.4 Å². The molecule has 3 rings (SSSR count). The normalized spacial score (nSPS) is 11.0. The third kappa shape index (κ3) is 1.67. The van der Waals surface area contributed by atoms with E-state index in [0.29, 0.717) is 11.3 Å². The molecule has 3 nitrogen and oxygen atoms in total. The van der Waals surface area contributed by atoms with Gasteiger partial charge < -0.3 is 5.11 Å². The summed E-state index contributed by atoms with van der Waals surface area (Å²) >= 11 is 0. The van der Waals surface area contributed by atoms with E-state index in [9.17, 15) is 4.39 Å². The van der Waals surface area contributed by atoms with Crippen LogP contribution in [0.25, 0.3) is 16.7 Å². The van der Waals surface area contributed by atoms with Crippen LogP contribution < -0.4 is 0 Å². The summed E-state index contributed by atoms with van der Waals surface area (Å²) in [6, 6.07) is 12.2. The van der Waals surface area contributed by atoms with Crippen molar-refractivity contribution in [2.24, 2.45) is 0 Å². The molecule has 0 amide bonds. The molecular weight excluding hydrogens is 231 g/mol. The van der Waals surface area contributed by atoms with Crippen molar-refractivity contribution < 1.29 is 9.50 Å². The lowest BCUT2D eigenvalue weighted by molar-refractivity contribution is 0.281. The van der Waals surface area contributed by atoms with Crippen LogP contribution in [0.1, 0.15) is 5.56 Å². The highest BCUT2D eigenvalue weighted by Gasteiger charge is 2.09.